The Kier molecular flexibility index (Phi) is 3.97. The Labute approximate surface area is 118 Å². The van der Waals surface area contributed by atoms with Crippen LogP contribution in [0.5, 0.6) is 0 Å². The van der Waals surface area contributed by atoms with Crippen LogP contribution >= 0.6 is 0 Å². The van der Waals surface area contributed by atoms with Gasteiger partial charge < -0.3 is 16.2 Å². The van der Waals surface area contributed by atoms with E-state index in [1.165, 1.54) is 0 Å². The van der Waals surface area contributed by atoms with Crippen LogP contribution in [0.25, 0.3) is 0 Å². The quantitative estimate of drug-likeness (QED) is 0.717. The number of hydrogen-bond donors (Lipinski definition) is 3. The van der Waals surface area contributed by atoms with E-state index in [9.17, 15) is 9.59 Å². The molecule has 1 saturated carbocycles. The highest BCUT2D eigenvalue weighted by Crippen LogP contribution is 2.43. The van der Waals surface area contributed by atoms with Crippen molar-refractivity contribution in [3.05, 3.63) is 29.3 Å². The third-order valence-corrected chi connectivity index (χ3v) is 4.18. The summed E-state index contributed by atoms with van der Waals surface area (Å²) in [4.78, 5) is 23.1. The number of nitrogens with two attached hydrogens (primary N) is 1. The predicted molar refractivity (Wildman–Crippen MR) is 76.5 cm³/mol. The van der Waals surface area contributed by atoms with Crippen LogP contribution in [0.1, 0.15) is 41.6 Å². The summed E-state index contributed by atoms with van der Waals surface area (Å²) in [6.07, 6.45) is 2.86. The zero-order valence-corrected chi connectivity index (χ0v) is 11.6. The Balaban J connectivity index is 2.01. The summed E-state index contributed by atoms with van der Waals surface area (Å²) < 4.78 is 0. The Bertz CT molecular complexity index is 536. The zero-order chi connectivity index (χ0) is 14.8. The second-order valence-electron chi connectivity index (χ2n) is 5.63. The topological polar surface area (TPSA) is 92.4 Å². The van der Waals surface area contributed by atoms with Crippen molar-refractivity contribution < 1.29 is 14.7 Å². The molecule has 1 aliphatic rings. The minimum absolute atomic E-state index is 0.114. The van der Waals surface area contributed by atoms with E-state index in [0.29, 0.717) is 17.8 Å². The van der Waals surface area contributed by atoms with E-state index < -0.39 is 5.97 Å². The molecule has 1 aliphatic carbocycles. The first-order valence-electron chi connectivity index (χ1n) is 6.79. The lowest BCUT2D eigenvalue weighted by atomic mass is 9.66. The van der Waals surface area contributed by atoms with E-state index in [-0.39, 0.29) is 17.7 Å². The number of nitrogens with one attached hydrogen (secondary N) is 1. The minimum Gasteiger partial charge on any atom is -0.481 e. The van der Waals surface area contributed by atoms with Gasteiger partial charge in [-0.15, -0.1) is 0 Å². The molecule has 0 saturated heterocycles. The number of anilines is 1. The molecule has 1 amide bonds. The van der Waals surface area contributed by atoms with Gasteiger partial charge in [-0.1, -0.05) is 12.5 Å². The number of benzene rings is 1. The van der Waals surface area contributed by atoms with Gasteiger partial charge in [0.1, 0.15) is 0 Å². The second kappa shape index (κ2) is 5.53. The van der Waals surface area contributed by atoms with Gasteiger partial charge in [0.15, 0.2) is 0 Å². The lowest BCUT2D eigenvalue weighted by Gasteiger charge is -2.40. The molecule has 5 nitrogen and oxygen atoms in total. The van der Waals surface area contributed by atoms with E-state index in [4.69, 9.17) is 10.8 Å². The normalized spacial score (nSPS) is 16.2. The smallest absolute Gasteiger partial charge is 0.303 e. The van der Waals surface area contributed by atoms with Crippen LogP contribution in [0.4, 0.5) is 5.69 Å². The third kappa shape index (κ3) is 2.92. The van der Waals surface area contributed by atoms with Gasteiger partial charge in [-0.05, 0) is 42.9 Å². The van der Waals surface area contributed by atoms with Crippen molar-refractivity contribution in [2.45, 2.75) is 32.6 Å². The molecule has 5 heteroatoms. The van der Waals surface area contributed by atoms with Gasteiger partial charge >= 0.3 is 5.97 Å². The van der Waals surface area contributed by atoms with Crippen LogP contribution in [-0.4, -0.2) is 23.5 Å². The molecular formula is C15H20N2O3. The first-order chi connectivity index (χ1) is 9.43. The highest BCUT2D eigenvalue weighted by molar-refractivity contribution is 5.96. The summed E-state index contributed by atoms with van der Waals surface area (Å²) in [6.45, 7) is 2.22. The first-order valence-corrected chi connectivity index (χ1v) is 6.79. The Hall–Kier alpha value is -2.04. The molecule has 1 aromatic carbocycles. The molecule has 108 valence electrons. The fourth-order valence-corrected chi connectivity index (χ4v) is 2.68. The molecule has 0 spiro atoms. The number of carboxylic acid groups (broad SMARTS) is 1. The number of carbonyl (C=O) groups excluding carboxylic acids is 1. The van der Waals surface area contributed by atoms with Crippen LogP contribution < -0.4 is 11.1 Å². The van der Waals surface area contributed by atoms with Crippen LogP contribution in [-0.2, 0) is 4.79 Å². The standard InChI is InChI=1S/C15H20N2O3/c1-10-11(4-2-5-12(10)16)14(20)17-9-15(6-3-7-15)8-13(18)19/h2,4-5H,3,6-9,16H2,1H3,(H,17,20)(H,18,19). The lowest BCUT2D eigenvalue weighted by molar-refractivity contribution is -0.141. The summed E-state index contributed by atoms with van der Waals surface area (Å²) in [5.74, 6) is -0.995. The first kappa shape index (κ1) is 14.4. The van der Waals surface area contributed by atoms with Crippen LogP contribution in [0.15, 0.2) is 18.2 Å². The molecule has 2 rings (SSSR count). The predicted octanol–water partition coefficient (Wildman–Crippen LogP) is 1.95. The Morgan fingerprint density at radius 1 is 1.40 bits per heavy atom. The summed E-state index contributed by atoms with van der Waals surface area (Å²) in [6, 6.07) is 5.23. The lowest BCUT2D eigenvalue weighted by Crippen LogP contribution is -2.43. The fraction of sp³-hybridized carbons (Fsp3) is 0.467. The number of hydrogen-bond acceptors (Lipinski definition) is 3. The Morgan fingerprint density at radius 3 is 2.65 bits per heavy atom. The molecule has 1 fully saturated rings. The molecule has 0 unspecified atom stereocenters. The molecule has 0 heterocycles. The maximum atomic E-state index is 12.2. The van der Waals surface area contributed by atoms with Crippen molar-refractivity contribution in [1.29, 1.82) is 0 Å². The molecule has 0 bridgehead atoms. The largest absolute Gasteiger partial charge is 0.481 e. The average molecular weight is 276 g/mol. The van der Waals surface area contributed by atoms with Gasteiger partial charge in [0, 0.05) is 17.8 Å². The second-order valence-corrected chi connectivity index (χ2v) is 5.63. The monoisotopic (exact) mass is 276 g/mol. The molecule has 4 N–H and O–H groups in total. The van der Waals surface area contributed by atoms with Crippen LogP contribution in [0.2, 0.25) is 0 Å². The number of nitrogen functional groups attached to an aromatic ring is 1. The number of carboxylic acids is 1. The van der Waals surface area contributed by atoms with E-state index in [1.54, 1.807) is 25.1 Å². The van der Waals surface area contributed by atoms with Crippen LogP contribution in [0.3, 0.4) is 0 Å². The van der Waals surface area contributed by atoms with E-state index >= 15 is 0 Å². The van der Waals surface area contributed by atoms with Crippen molar-refractivity contribution >= 4 is 17.6 Å². The van der Waals surface area contributed by atoms with Crippen LogP contribution in [0, 0.1) is 12.3 Å². The zero-order valence-electron chi connectivity index (χ0n) is 11.6. The van der Waals surface area contributed by atoms with Gasteiger partial charge in [0.25, 0.3) is 5.91 Å². The summed E-state index contributed by atoms with van der Waals surface area (Å²) in [5.41, 5.74) is 7.41. The van der Waals surface area contributed by atoms with Crippen molar-refractivity contribution in [3.8, 4) is 0 Å². The van der Waals surface area contributed by atoms with E-state index in [1.807, 2.05) is 0 Å². The van der Waals surface area contributed by atoms with E-state index in [0.717, 1.165) is 24.8 Å². The summed E-state index contributed by atoms with van der Waals surface area (Å²) in [5, 5.41) is 11.8. The van der Waals surface area contributed by atoms with Gasteiger partial charge in [-0.2, -0.15) is 0 Å². The van der Waals surface area contributed by atoms with Gasteiger partial charge in [0.05, 0.1) is 6.42 Å². The van der Waals surface area contributed by atoms with Crippen molar-refractivity contribution in [2.75, 3.05) is 12.3 Å². The fourth-order valence-electron chi connectivity index (χ4n) is 2.68. The maximum Gasteiger partial charge on any atom is 0.303 e. The number of amides is 1. The molecule has 0 radical (unpaired) electrons. The number of aliphatic carboxylic acids is 1. The van der Waals surface area contributed by atoms with E-state index in [2.05, 4.69) is 5.32 Å². The van der Waals surface area contributed by atoms with Crippen molar-refractivity contribution in [1.82, 2.24) is 5.32 Å². The molecular weight excluding hydrogens is 256 g/mol. The third-order valence-electron chi connectivity index (χ3n) is 4.18. The van der Waals surface area contributed by atoms with Gasteiger partial charge in [-0.3, -0.25) is 9.59 Å². The SMILES string of the molecule is Cc1c(N)cccc1C(=O)NCC1(CC(=O)O)CCC1. The molecule has 0 aromatic heterocycles. The highest BCUT2D eigenvalue weighted by Gasteiger charge is 2.39. The van der Waals surface area contributed by atoms with Gasteiger partial charge in [0.2, 0.25) is 0 Å². The van der Waals surface area contributed by atoms with Gasteiger partial charge in [-0.25, -0.2) is 0 Å². The van der Waals surface area contributed by atoms with Crippen molar-refractivity contribution in [2.24, 2.45) is 5.41 Å². The highest BCUT2D eigenvalue weighted by atomic mass is 16.4. The molecule has 1 aromatic rings. The summed E-state index contributed by atoms with van der Waals surface area (Å²) in [7, 11) is 0. The number of rotatable bonds is 5. The molecule has 0 aliphatic heterocycles. The molecule has 20 heavy (non-hydrogen) atoms. The maximum absolute atomic E-state index is 12.2. The summed E-state index contributed by atoms with van der Waals surface area (Å²) >= 11 is 0. The number of carbonyl (C=O) groups is 2. The average Bonchev–Trinajstić information content (AvgIpc) is 2.35. The van der Waals surface area contributed by atoms with Crippen molar-refractivity contribution in [3.63, 3.8) is 0 Å². The molecule has 0 atom stereocenters. The minimum atomic E-state index is -0.806. The Morgan fingerprint density at radius 2 is 2.10 bits per heavy atom.